The zero-order valence-electron chi connectivity index (χ0n) is 40.3. The lowest BCUT2D eigenvalue weighted by molar-refractivity contribution is -0.870. The smallest absolute Gasteiger partial charge is 0.306 e. The summed E-state index contributed by atoms with van der Waals surface area (Å²) in [6.45, 7) is 4.03. The third kappa shape index (κ3) is 46.9. The fraction of sp³-hybridized carbons (Fsp3) is 0.731. The summed E-state index contributed by atoms with van der Waals surface area (Å²) in [7, 11) is 1.15. The molecule has 0 aromatic rings. The summed E-state index contributed by atoms with van der Waals surface area (Å²) >= 11 is 0. The Labute approximate surface area is 380 Å². The van der Waals surface area contributed by atoms with Gasteiger partial charge in [0.1, 0.15) is 19.8 Å². The molecule has 358 valence electrons. The molecule has 0 saturated heterocycles. The SMILES string of the molecule is CC/C=C\C/C=C\C/C=C\C/C=C\CCCCCCCCCCCCCCC(=O)OC(COC(=O)CCCCCCC/C=C\C/C=C\CCC)COP(=O)([O-])OCC[N+](C)(C)C. The molecule has 0 bridgehead atoms. The van der Waals surface area contributed by atoms with E-state index in [1.165, 1.54) is 64.2 Å². The first-order chi connectivity index (χ1) is 30.0. The van der Waals surface area contributed by atoms with Gasteiger partial charge in [-0.25, -0.2) is 0 Å². The summed E-state index contributed by atoms with van der Waals surface area (Å²) in [6, 6.07) is 0. The number of hydrogen-bond acceptors (Lipinski definition) is 8. The number of phosphoric ester groups is 1. The Morgan fingerprint density at radius 1 is 0.516 bits per heavy atom. The molecule has 0 spiro atoms. The lowest BCUT2D eigenvalue weighted by atomic mass is 10.0. The van der Waals surface area contributed by atoms with E-state index in [1.807, 2.05) is 21.1 Å². The average molecular weight is 890 g/mol. The monoisotopic (exact) mass is 890 g/mol. The zero-order valence-corrected chi connectivity index (χ0v) is 41.2. The van der Waals surface area contributed by atoms with Gasteiger partial charge in [-0.3, -0.25) is 14.2 Å². The van der Waals surface area contributed by atoms with Crippen molar-refractivity contribution in [2.75, 3.05) is 47.5 Å². The van der Waals surface area contributed by atoms with Crippen LogP contribution in [-0.2, 0) is 32.7 Å². The molecule has 2 unspecified atom stereocenters. The van der Waals surface area contributed by atoms with Gasteiger partial charge in [0.2, 0.25) is 0 Å². The summed E-state index contributed by atoms with van der Waals surface area (Å²) < 4.78 is 34.0. The summed E-state index contributed by atoms with van der Waals surface area (Å²) in [4.78, 5) is 37.6. The minimum Gasteiger partial charge on any atom is -0.756 e. The van der Waals surface area contributed by atoms with Crippen LogP contribution in [0.25, 0.3) is 0 Å². The maximum absolute atomic E-state index is 12.7. The first-order valence-corrected chi connectivity index (χ1v) is 26.1. The highest BCUT2D eigenvalue weighted by atomic mass is 31.2. The normalized spacial score (nSPS) is 14.1. The summed E-state index contributed by atoms with van der Waals surface area (Å²) in [5.41, 5.74) is 0. The van der Waals surface area contributed by atoms with E-state index in [-0.39, 0.29) is 26.1 Å². The number of carbonyl (C=O) groups excluding carboxylic acids is 2. The van der Waals surface area contributed by atoms with E-state index in [4.69, 9.17) is 18.5 Å². The Morgan fingerprint density at radius 2 is 0.919 bits per heavy atom. The number of phosphoric acid groups is 1. The third-order valence-electron chi connectivity index (χ3n) is 10.2. The molecule has 2 atom stereocenters. The van der Waals surface area contributed by atoms with Crippen molar-refractivity contribution in [2.24, 2.45) is 0 Å². The number of hydrogen-bond donors (Lipinski definition) is 0. The van der Waals surface area contributed by atoms with Crippen LogP contribution in [0, 0.1) is 0 Å². The second kappa shape index (κ2) is 43.7. The minimum absolute atomic E-state index is 0.0364. The fourth-order valence-electron chi connectivity index (χ4n) is 6.39. The van der Waals surface area contributed by atoms with E-state index >= 15 is 0 Å². The van der Waals surface area contributed by atoms with Crippen LogP contribution in [0.5, 0.6) is 0 Å². The highest BCUT2D eigenvalue weighted by Gasteiger charge is 2.21. The predicted octanol–water partition coefficient (Wildman–Crippen LogP) is 13.9. The molecule has 0 aromatic heterocycles. The van der Waals surface area contributed by atoms with Crippen molar-refractivity contribution in [3.8, 4) is 0 Å². The van der Waals surface area contributed by atoms with Crippen LogP contribution in [-0.4, -0.2) is 70.0 Å². The molecule has 62 heavy (non-hydrogen) atoms. The van der Waals surface area contributed by atoms with Crippen LogP contribution in [0.1, 0.15) is 194 Å². The van der Waals surface area contributed by atoms with Gasteiger partial charge < -0.3 is 27.9 Å². The van der Waals surface area contributed by atoms with Crippen molar-refractivity contribution in [3.05, 3.63) is 72.9 Å². The van der Waals surface area contributed by atoms with E-state index in [1.54, 1.807) is 0 Å². The molecule has 0 aliphatic rings. The molecule has 0 radical (unpaired) electrons. The van der Waals surface area contributed by atoms with Crippen LogP contribution >= 0.6 is 7.82 Å². The van der Waals surface area contributed by atoms with Crippen LogP contribution < -0.4 is 4.89 Å². The molecule has 10 heteroatoms. The number of esters is 2. The zero-order chi connectivity index (χ0) is 45.7. The van der Waals surface area contributed by atoms with Crippen LogP contribution in [0.4, 0.5) is 0 Å². The number of allylic oxidation sites excluding steroid dienone is 12. The Hall–Kier alpha value is -2.55. The maximum Gasteiger partial charge on any atom is 0.306 e. The standard InChI is InChI=1S/C52H92NO8P/c1-6-8-10-12-14-16-18-20-21-22-23-24-25-26-27-28-29-30-31-33-35-37-39-41-43-45-52(55)61-50(49-60-62(56,57)59-47-46-53(3,4)5)48-58-51(54)44-42-40-38-36-34-32-19-17-15-13-11-9-7-2/h8,10-11,13-14,16-17,19-21,23-24,50H,6-7,9,12,15,18,22,25-49H2,1-5H3/b10-8-,13-11-,16-14-,19-17-,21-20-,24-23-. The van der Waals surface area contributed by atoms with E-state index in [0.29, 0.717) is 23.9 Å². The van der Waals surface area contributed by atoms with Gasteiger partial charge >= 0.3 is 11.9 Å². The number of quaternary nitrogens is 1. The quantitative estimate of drug-likeness (QED) is 0.0195. The Kier molecular flexibility index (Phi) is 41.9. The molecule has 0 aliphatic carbocycles. The van der Waals surface area contributed by atoms with Crippen molar-refractivity contribution < 1.29 is 42.1 Å². The molecule has 0 heterocycles. The molecule has 0 fully saturated rings. The van der Waals surface area contributed by atoms with E-state index in [0.717, 1.165) is 89.9 Å². The van der Waals surface area contributed by atoms with Gasteiger partial charge in [0.15, 0.2) is 6.10 Å². The van der Waals surface area contributed by atoms with Crippen molar-refractivity contribution in [2.45, 2.75) is 200 Å². The second-order valence-corrected chi connectivity index (χ2v) is 18.9. The molecule has 0 saturated carbocycles. The van der Waals surface area contributed by atoms with Gasteiger partial charge in [-0.2, -0.15) is 0 Å². The van der Waals surface area contributed by atoms with Crippen LogP contribution in [0.3, 0.4) is 0 Å². The largest absolute Gasteiger partial charge is 0.756 e. The lowest BCUT2D eigenvalue weighted by Crippen LogP contribution is -2.37. The Balaban J connectivity index is 4.23. The van der Waals surface area contributed by atoms with Crippen molar-refractivity contribution >= 4 is 19.8 Å². The number of nitrogens with zero attached hydrogens (tertiary/aromatic N) is 1. The average Bonchev–Trinajstić information content (AvgIpc) is 3.23. The van der Waals surface area contributed by atoms with Gasteiger partial charge in [-0.15, -0.1) is 0 Å². The summed E-state index contributed by atoms with van der Waals surface area (Å²) in [5.74, 6) is -0.856. The third-order valence-corrected chi connectivity index (χ3v) is 11.2. The van der Waals surface area contributed by atoms with Gasteiger partial charge in [0.25, 0.3) is 7.82 Å². The molecule has 0 aromatic carbocycles. The maximum atomic E-state index is 12.7. The number of likely N-dealkylation sites (N-methyl/N-ethyl adjacent to an activating group) is 1. The number of ether oxygens (including phenoxy) is 2. The molecule has 0 N–H and O–H groups in total. The molecule has 0 rings (SSSR count). The van der Waals surface area contributed by atoms with Gasteiger partial charge in [-0.1, -0.05) is 177 Å². The van der Waals surface area contributed by atoms with Crippen LogP contribution in [0.2, 0.25) is 0 Å². The minimum atomic E-state index is -4.63. The lowest BCUT2D eigenvalue weighted by Gasteiger charge is -2.28. The second-order valence-electron chi connectivity index (χ2n) is 17.4. The van der Waals surface area contributed by atoms with E-state index in [2.05, 4.69) is 86.8 Å². The topological polar surface area (TPSA) is 111 Å². The van der Waals surface area contributed by atoms with Crippen molar-refractivity contribution in [1.82, 2.24) is 0 Å². The van der Waals surface area contributed by atoms with Crippen LogP contribution in [0.15, 0.2) is 72.9 Å². The number of carbonyl (C=O) groups is 2. The molecule has 0 aliphatic heterocycles. The van der Waals surface area contributed by atoms with Gasteiger partial charge in [0, 0.05) is 12.8 Å². The fourth-order valence-corrected chi connectivity index (χ4v) is 7.12. The Morgan fingerprint density at radius 3 is 1.37 bits per heavy atom. The number of unbranched alkanes of at least 4 members (excludes halogenated alkanes) is 18. The first-order valence-electron chi connectivity index (χ1n) is 24.6. The van der Waals surface area contributed by atoms with Crippen molar-refractivity contribution in [3.63, 3.8) is 0 Å². The van der Waals surface area contributed by atoms with Gasteiger partial charge in [0.05, 0.1) is 27.7 Å². The Bertz CT molecular complexity index is 1280. The predicted molar refractivity (Wildman–Crippen MR) is 259 cm³/mol. The molecular weight excluding hydrogens is 798 g/mol. The molecule has 9 nitrogen and oxygen atoms in total. The number of rotatable bonds is 44. The van der Waals surface area contributed by atoms with E-state index < -0.39 is 32.5 Å². The summed E-state index contributed by atoms with van der Waals surface area (Å²) in [5, 5.41) is 0. The van der Waals surface area contributed by atoms with Crippen molar-refractivity contribution in [1.29, 1.82) is 0 Å². The van der Waals surface area contributed by atoms with E-state index in [9.17, 15) is 19.0 Å². The highest BCUT2D eigenvalue weighted by molar-refractivity contribution is 7.45. The first kappa shape index (κ1) is 59.5. The molecular formula is C52H92NO8P. The van der Waals surface area contributed by atoms with Gasteiger partial charge in [-0.05, 0) is 77.0 Å². The summed E-state index contributed by atoms with van der Waals surface area (Å²) in [6.07, 6.45) is 55.1. The highest BCUT2D eigenvalue weighted by Crippen LogP contribution is 2.38. The molecule has 0 amide bonds.